The minimum Gasteiger partial charge on any atom is -0.492 e. The average molecular weight is 1790 g/mol. The summed E-state index contributed by atoms with van der Waals surface area (Å²) in [5, 5.41) is 10.3. The molecule has 718 valence electrons. The minimum atomic E-state index is -0.397. The molecule has 3 aromatic carbocycles. The van der Waals surface area contributed by atoms with E-state index in [2.05, 4.69) is 142 Å². The number of hydrogen-bond donors (Lipinski definition) is 1. The lowest BCUT2D eigenvalue weighted by Gasteiger charge is -2.42. The number of carbonyl (C=O) groups is 3. The number of ether oxygens (including phenoxy) is 17. The van der Waals surface area contributed by atoms with E-state index in [9.17, 15) is 19.5 Å². The van der Waals surface area contributed by atoms with E-state index >= 15 is 0 Å². The van der Waals surface area contributed by atoms with Crippen molar-refractivity contribution in [2.75, 3.05) is 130 Å². The van der Waals surface area contributed by atoms with E-state index < -0.39 is 6.10 Å². The summed E-state index contributed by atoms with van der Waals surface area (Å²) in [6, 6.07) is 24.3. The SMILES string of the molecule is CO[C@@H]1[C@H](O)CC[C@]2(CO2)[C@H]1[C@@]1(C)O[C@@H]1CCC(C)C.CO[C@@H]1[C@H](OC(=O)/C=C/c2ccc(CCCN(C)C)cc2)CCC2(CO2)[C@H]1[C@@]1(C)O[C@@H]1CCC(C)C.CO[C@@H]1[C@H](OC(=O)CCc2ccc(OCCN(C)C)cc2)CCC2(CO2)[C@H]1[C@@]1(C)O[C@@H]1CC=C(C)C.CO[C@@H]1[C@H](OC(=O)CCc2ccc(OCCN(C)C)cc2)CCC2(CO2)[C@H]1[C@@]1(C)O[C@@H]1CCC(C)C. The number of hydrogen-bond acceptors (Lipinski definition) is 24. The van der Waals surface area contributed by atoms with Crippen molar-refractivity contribution in [2.45, 2.75) is 336 Å². The molecule has 128 heavy (non-hydrogen) atoms. The molecule has 24 nitrogen and oxygen atoms in total. The number of methoxy groups -OCH3 is 4. The predicted molar refractivity (Wildman–Crippen MR) is 494 cm³/mol. The monoisotopic (exact) mass is 1790 g/mol. The number of aliphatic hydroxyl groups excluding tert-OH is 1. The Labute approximate surface area is 766 Å². The topological polar surface area (TPSA) is 264 Å². The fraction of sp³-hybridized carbons (Fsp3) is 0.760. The van der Waals surface area contributed by atoms with Gasteiger partial charge in [0.05, 0.1) is 92.3 Å². The van der Waals surface area contributed by atoms with Crippen LogP contribution >= 0.6 is 0 Å². The molecular weight excluding hydrogens is 1630 g/mol. The summed E-state index contributed by atoms with van der Waals surface area (Å²) in [5.74, 6) is 3.29. The molecule has 8 heterocycles. The maximum Gasteiger partial charge on any atom is 0.331 e. The smallest absolute Gasteiger partial charge is 0.331 e. The molecule has 12 aliphatic rings. The highest BCUT2D eigenvalue weighted by molar-refractivity contribution is 5.87. The zero-order valence-electron chi connectivity index (χ0n) is 81.8. The first-order valence-corrected chi connectivity index (χ1v) is 48.4. The Morgan fingerprint density at radius 2 is 0.773 bits per heavy atom. The van der Waals surface area contributed by atoms with E-state index in [1.54, 1.807) is 28.4 Å². The van der Waals surface area contributed by atoms with Crippen LogP contribution in [0.25, 0.3) is 6.08 Å². The summed E-state index contributed by atoms with van der Waals surface area (Å²) in [4.78, 5) is 44.8. The summed E-state index contributed by atoms with van der Waals surface area (Å²) < 4.78 is 102. The normalized spacial score (nSPS) is 35.9. The molecule has 4 saturated carbocycles. The van der Waals surface area contributed by atoms with Crippen molar-refractivity contribution >= 4 is 24.0 Å². The Balaban J connectivity index is 0.000000158. The Morgan fingerprint density at radius 1 is 0.445 bits per heavy atom. The van der Waals surface area contributed by atoms with Gasteiger partial charge in [0.25, 0.3) is 0 Å². The van der Waals surface area contributed by atoms with E-state index in [0.717, 1.165) is 177 Å². The van der Waals surface area contributed by atoms with Crippen molar-refractivity contribution in [1.29, 1.82) is 0 Å². The quantitative estimate of drug-likeness (QED) is 0.0182. The Morgan fingerprint density at radius 3 is 1.12 bits per heavy atom. The van der Waals surface area contributed by atoms with Crippen molar-refractivity contribution in [3.05, 3.63) is 113 Å². The summed E-state index contributed by atoms with van der Waals surface area (Å²) in [7, 11) is 19.1. The van der Waals surface area contributed by atoms with Crippen LogP contribution in [0.3, 0.4) is 0 Å². The van der Waals surface area contributed by atoms with Gasteiger partial charge in [0.15, 0.2) is 0 Å². The lowest BCUT2D eigenvalue weighted by molar-refractivity contribution is -0.172. The van der Waals surface area contributed by atoms with E-state index in [0.29, 0.717) is 62.8 Å². The first-order chi connectivity index (χ1) is 60.9. The van der Waals surface area contributed by atoms with Crippen molar-refractivity contribution in [2.24, 2.45) is 41.4 Å². The highest BCUT2D eigenvalue weighted by Crippen LogP contribution is 2.64. The van der Waals surface area contributed by atoms with Crippen LogP contribution in [0.4, 0.5) is 0 Å². The van der Waals surface area contributed by atoms with Gasteiger partial charge in [0.1, 0.15) is 101 Å². The van der Waals surface area contributed by atoms with Gasteiger partial charge in [0.2, 0.25) is 0 Å². The number of likely N-dealkylation sites (N-methyl/N-ethyl adjacent to an activating group) is 2. The van der Waals surface area contributed by atoms with Crippen molar-refractivity contribution in [1.82, 2.24) is 14.7 Å². The number of aryl methyl sites for hydroxylation is 3. The summed E-state index contributed by atoms with van der Waals surface area (Å²) in [6.45, 7) is 33.5. The van der Waals surface area contributed by atoms with Crippen molar-refractivity contribution in [3.63, 3.8) is 0 Å². The number of rotatable bonds is 42. The van der Waals surface area contributed by atoms with Crippen LogP contribution in [-0.4, -0.2) is 286 Å². The van der Waals surface area contributed by atoms with E-state index in [1.807, 2.05) is 82.8 Å². The molecule has 8 saturated heterocycles. The highest BCUT2D eigenvalue weighted by atomic mass is 16.7. The first kappa shape index (κ1) is 101. The maximum atomic E-state index is 12.8. The van der Waals surface area contributed by atoms with Gasteiger partial charge in [-0.25, -0.2) is 4.79 Å². The number of esters is 3. The number of allylic oxidation sites excluding steroid dienone is 1. The number of nitrogens with zero attached hydrogens (tertiary/aromatic N) is 3. The zero-order chi connectivity index (χ0) is 92.3. The molecule has 3 aromatic rings. The molecule has 0 aromatic heterocycles. The minimum absolute atomic E-state index is 0.0390. The van der Waals surface area contributed by atoms with E-state index in [1.165, 1.54) is 23.6 Å². The fourth-order valence-electron chi connectivity index (χ4n) is 21.7. The molecular formula is C104H161N3O21. The summed E-state index contributed by atoms with van der Waals surface area (Å²) in [6.07, 6.45) is 22.4. The Kier molecular flexibility index (Phi) is 34.8. The predicted octanol–water partition coefficient (Wildman–Crippen LogP) is 15.5. The Hall–Kier alpha value is -5.49. The van der Waals surface area contributed by atoms with E-state index in [-0.39, 0.29) is 147 Å². The van der Waals surface area contributed by atoms with Gasteiger partial charge < -0.3 is 100 Å². The molecule has 4 spiro atoms. The second kappa shape index (κ2) is 43.9. The van der Waals surface area contributed by atoms with Crippen LogP contribution in [-0.2, 0) is 105 Å². The van der Waals surface area contributed by atoms with Gasteiger partial charge in [-0.2, -0.15) is 0 Å². The van der Waals surface area contributed by atoms with Gasteiger partial charge in [-0.05, 0) is 283 Å². The third-order valence-corrected chi connectivity index (χ3v) is 29.8. The average Bonchev–Trinajstić information content (AvgIpc) is 1.55. The van der Waals surface area contributed by atoms with Gasteiger partial charge >= 0.3 is 17.9 Å². The van der Waals surface area contributed by atoms with Gasteiger partial charge in [-0.15, -0.1) is 0 Å². The molecule has 3 unspecified atom stereocenters. The molecule has 0 radical (unpaired) electrons. The molecule has 15 rings (SSSR count). The van der Waals surface area contributed by atoms with Gasteiger partial charge in [0, 0.05) is 60.4 Å². The molecule has 0 bridgehead atoms. The maximum absolute atomic E-state index is 12.8. The molecule has 4 aliphatic carbocycles. The summed E-state index contributed by atoms with van der Waals surface area (Å²) in [5.41, 5.74) is 3.97. The van der Waals surface area contributed by atoms with Gasteiger partial charge in [-0.1, -0.05) is 102 Å². The first-order valence-electron chi connectivity index (χ1n) is 48.4. The van der Waals surface area contributed by atoms with Crippen LogP contribution in [0.15, 0.2) is 90.5 Å². The molecule has 24 atom stereocenters. The lowest BCUT2D eigenvalue weighted by Crippen LogP contribution is -2.55. The lowest BCUT2D eigenvalue weighted by atomic mass is 9.68. The summed E-state index contributed by atoms with van der Waals surface area (Å²) >= 11 is 0. The number of carbonyl (C=O) groups excluding carboxylic acids is 3. The molecule has 8 aliphatic heterocycles. The molecule has 1 N–H and O–H groups in total. The second-order valence-electron chi connectivity index (χ2n) is 42.0. The van der Waals surface area contributed by atoms with Crippen LogP contribution < -0.4 is 9.47 Å². The van der Waals surface area contributed by atoms with Crippen molar-refractivity contribution < 1.29 is 100 Å². The highest BCUT2D eigenvalue weighted by Gasteiger charge is 2.76. The van der Waals surface area contributed by atoms with E-state index in [4.69, 9.17) is 80.5 Å². The van der Waals surface area contributed by atoms with Gasteiger partial charge in [-0.3, -0.25) is 9.59 Å². The largest absolute Gasteiger partial charge is 0.492 e. The third kappa shape index (κ3) is 26.0. The zero-order valence-corrected chi connectivity index (χ0v) is 81.8. The van der Waals surface area contributed by atoms with Crippen LogP contribution in [0.2, 0.25) is 0 Å². The van der Waals surface area contributed by atoms with Crippen LogP contribution in [0.1, 0.15) is 221 Å². The third-order valence-electron chi connectivity index (χ3n) is 29.8. The number of aliphatic hydroxyl groups is 1. The van der Waals surface area contributed by atoms with Crippen molar-refractivity contribution in [3.8, 4) is 11.5 Å². The molecule has 24 heteroatoms. The molecule has 12 fully saturated rings. The fourth-order valence-corrected chi connectivity index (χ4v) is 21.7. The van der Waals surface area contributed by atoms with Crippen LogP contribution in [0.5, 0.6) is 11.5 Å². The van der Waals surface area contributed by atoms with Crippen LogP contribution in [0, 0.1) is 41.4 Å². The number of epoxide rings is 8. The second-order valence-corrected chi connectivity index (χ2v) is 42.0. The Bertz CT molecular complexity index is 4060. The molecule has 0 amide bonds. The standard InChI is InChI=1S/C30H45NO5.C29H45NO6.C29H43NO6.C16H28O4/c1-21(2)9-15-25-29(3,36-25)28-27(33-6)24(17-18-30(28)20-34-30)35-26(32)16-14-23-12-10-22(11-13-23)8-7-19-31(4)5;2*1-20(2)7-13-24-28(3,36-24)27-26(32-6)23(15-16-29(27)19-34-29)35-25(31)14-10-21-8-11-22(12-9-21)33-18-17-30(4)5;1-10(2)5-6-12-15(3,20-12)14-13(18-4)11(17)7-8-16(14)9-19-16/h10-14,16,21,24-25,27-28H,7-9,15,17-20H2,1-6H3;8-9,11-12,20,23-24,26-27H,7,10,13-19H2,1-6H3;7-9,11-12,23-24,26-27H,10,13-19H2,1-6H3;10-14,17H,5-9H2,1-4H3/b16-14+;;;/t24-,25-,27-,28-,29+,30?;2*23-,24-,26-,27-,28+,29?;11-,12-,13-,14-,15+,16+/m1111/s1. The number of benzene rings is 3.